The number of amides is 1. The van der Waals surface area contributed by atoms with Gasteiger partial charge in [0, 0.05) is 91.0 Å². The predicted octanol–water partition coefficient (Wildman–Crippen LogP) is 1.96. The molecule has 1 aliphatic rings. The fourth-order valence-corrected chi connectivity index (χ4v) is 7.85. The number of aliphatic carboxylic acids is 7. The first kappa shape index (κ1) is 43.0. The quantitative estimate of drug-likeness (QED) is 0.0682. The predicted molar refractivity (Wildman–Crippen MR) is 201 cm³/mol. The van der Waals surface area contributed by atoms with Crippen LogP contribution in [0.15, 0.2) is 6.20 Å². The summed E-state index contributed by atoms with van der Waals surface area (Å²) in [6.07, 6.45) is -2.83. The van der Waals surface area contributed by atoms with Crippen LogP contribution in [0, 0.1) is 0 Å². The van der Waals surface area contributed by atoms with E-state index in [4.69, 9.17) is 0 Å². The summed E-state index contributed by atoms with van der Waals surface area (Å²) in [7, 11) is 0. The number of aryl methyl sites for hydroxylation is 1. The van der Waals surface area contributed by atoms with Crippen LogP contribution in [-0.2, 0) is 104 Å². The summed E-state index contributed by atoms with van der Waals surface area (Å²) in [5, 5.41) is 71.1. The Kier molecular flexibility index (Phi) is 13.4. The SMILES string of the molecule is O=C(O)CCc1c[nH]c2c1C(=O)NCc1[nH]c(c(CCC(=O)O)c1CC(=O)O)Cc1[nH]c(c(CCC(=O)O)c1CC(=O)O)Cc1[nH]c(c(CCC(=O)O)c1CC(=O)O)C2. The van der Waals surface area contributed by atoms with E-state index in [9.17, 15) is 74.1 Å². The number of aromatic nitrogens is 4. The first-order valence-corrected chi connectivity index (χ1v) is 18.6. The summed E-state index contributed by atoms with van der Waals surface area (Å²) >= 11 is 0. The minimum Gasteiger partial charge on any atom is -0.481 e. The third-order valence-electron chi connectivity index (χ3n) is 10.3. The molecule has 4 aromatic heterocycles. The monoisotopic (exact) mass is 821 g/mol. The Balaban J connectivity index is 1.83. The Morgan fingerprint density at radius 2 is 0.780 bits per heavy atom. The van der Waals surface area contributed by atoms with Gasteiger partial charge in [0.05, 0.1) is 31.4 Å². The van der Waals surface area contributed by atoms with Gasteiger partial charge in [-0.1, -0.05) is 0 Å². The maximum atomic E-state index is 14.1. The summed E-state index contributed by atoms with van der Waals surface area (Å²) in [4.78, 5) is 111. The van der Waals surface area contributed by atoms with E-state index in [0.717, 1.165) is 0 Å². The summed E-state index contributed by atoms with van der Waals surface area (Å²) in [5.74, 6) is -9.18. The Labute approximate surface area is 333 Å². The fourth-order valence-electron chi connectivity index (χ4n) is 7.85. The van der Waals surface area contributed by atoms with Crippen molar-refractivity contribution in [3.63, 3.8) is 0 Å². The molecule has 59 heavy (non-hydrogen) atoms. The van der Waals surface area contributed by atoms with Crippen molar-refractivity contribution in [1.82, 2.24) is 25.3 Å². The molecule has 1 aliphatic heterocycles. The first-order valence-electron chi connectivity index (χ1n) is 18.6. The number of carboxylic acid groups (broad SMARTS) is 7. The summed E-state index contributed by atoms with van der Waals surface area (Å²) in [5.41, 5.74) is 3.95. The summed E-state index contributed by atoms with van der Waals surface area (Å²) < 4.78 is 0. The highest BCUT2D eigenvalue weighted by atomic mass is 16.4. The van der Waals surface area contributed by atoms with Crippen LogP contribution in [0.4, 0.5) is 0 Å². The average molecular weight is 822 g/mol. The molecule has 6 bridgehead atoms. The number of H-pyrrole nitrogens is 4. The Morgan fingerprint density at radius 1 is 0.441 bits per heavy atom. The molecule has 0 radical (unpaired) electrons. The van der Waals surface area contributed by atoms with Crippen LogP contribution in [-0.4, -0.2) is 103 Å². The maximum Gasteiger partial charge on any atom is 0.307 e. The van der Waals surface area contributed by atoms with Crippen LogP contribution in [0.1, 0.15) is 115 Å². The number of fused-ring (bicyclic) bond motifs is 7. The Hall–Kier alpha value is -7.12. The molecule has 20 nitrogen and oxygen atoms in total. The third-order valence-corrected chi connectivity index (χ3v) is 10.3. The molecular weight excluding hydrogens is 778 g/mol. The number of hydrogen-bond acceptors (Lipinski definition) is 8. The Bertz CT molecular complexity index is 2340. The largest absolute Gasteiger partial charge is 0.481 e. The molecular formula is C39H43N5O15. The van der Waals surface area contributed by atoms with Gasteiger partial charge in [0.1, 0.15) is 0 Å². The van der Waals surface area contributed by atoms with E-state index < -0.39 is 86.2 Å². The fraction of sp³-hybridized carbons (Fsp3) is 0.385. The summed E-state index contributed by atoms with van der Waals surface area (Å²) in [6, 6.07) is 0. The third kappa shape index (κ3) is 10.6. The molecule has 0 spiro atoms. The molecule has 20 heteroatoms. The molecule has 12 N–H and O–H groups in total. The van der Waals surface area contributed by atoms with Gasteiger partial charge in [0.2, 0.25) is 0 Å². The highest BCUT2D eigenvalue weighted by Gasteiger charge is 2.29. The van der Waals surface area contributed by atoms with Crippen LogP contribution < -0.4 is 5.32 Å². The van der Waals surface area contributed by atoms with Crippen molar-refractivity contribution in [2.24, 2.45) is 0 Å². The second-order valence-corrected chi connectivity index (χ2v) is 14.3. The number of carbonyl (C=O) groups is 8. The first-order chi connectivity index (χ1) is 27.9. The zero-order valence-corrected chi connectivity index (χ0v) is 31.6. The number of carboxylic acids is 7. The molecule has 0 atom stereocenters. The van der Waals surface area contributed by atoms with Gasteiger partial charge in [-0.15, -0.1) is 0 Å². The lowest BCUT2D eigenvalue weighted by Gasteiger charge is -2.11. The van der Waals surface area contributed by atoms with Crippen molar-refractivity contribution < 1.29 is 74.1 Å². The normalized spacial score (nSPS) is 12.6. The van der Waals surface area contributed by atoms with Gasteiger partial charge in [0.15, 0.2) is 0 Å². The van der Waals surface area contributed by atoms with Crippen molar-refractivity contribution in [1.29, 1.82) is 0 Å². The molecule has 1 amide bonds. The van der Waals surface area contributed by atoms with Crippen molar-refractivity contribution in [2.75, 3.05) is 0 Å². The molecule has 0 saturated carbocycles. The standard InChI is InChI=1S/C39H43N5O15/c45-31(46)5-1-17-15-40-29-14-26-19(3-7-33(49)50)22(10-36(55)56)27(43-26)12-24-18(2-6-32(47)48)21(9-35(53)54)28(42-24)13-25-20(4-8-34(51)52)23(11-37(57)58)30(44-25)16-41-39(59)38(17)29/h15,40,42-44H,1-14,16H2,(H,41,59)(H,45,46)(H,47,48)(H,49,50)(H,51,52)(H,53,54)(H,55,56)(H,57,58). The second-order valence-electron chi connectivity index (χ2n) is 14.3. The molecule has 0 aromatic carbocycles. The number of hydrogen-bond donors (Lipinski definition) is 12. The molecule has 0 unspecified atom stereocenters. The number of nitrogens with one attached hydrogen (secondary N) is 5. The average Bonchev–Trinajstić information content (AvgIpc) is 3.85. The van der Waals surface area contributed by atoms with Gasteiger partial charge < -0.3 is 61.0 Å². The van der Waals surface area contributed by atoms with E-state index >= 15 is 0 Å². The molecule has 0 saturated heterocycles. The Morgan fingerprint density at radius 3 is 1.17 bits per heavy atom. The van der Waals surface area contributed by atoms with E-state index in [1.807, 2.05) is 0 Å². The molecule has 5 rings (SSSR count). The molecule has 4 aromatic rings. The van der Waals surface area contributed by atoms with E-state index in [1.165, 1.54) is 6.20 Å². The number of carbonyl (C=O) groups excluding carboxylic acids is 1. The number of rotatable bonds is 18. The minimum absolute atomic E-state index is 0.0520. The van der Waals surface area contributed by atoms with Crippen molar-refractivity contribution in [3.8, 4) is 0 Å². The van der Waals surface area contributed by atoms with Gasteiger partial charge >= 0.3 is 41.8 Å². The van der Waals surface area contributed by atoms with Gasteiger partial charge in [-0.3, -0.25) is 38.4 Å². The van der Waals surface area contributed by atoms with Crippen LogP contribution in [0.25, 0.3) is 0 Å². The van der Waals surface area contributed by atoms with Gasteiger partial charge in [-0.2, -0.15) is 0 Å². The van der Waals surface area contributed by atoms with Gasteiger partial charge in [-0.05, 0) is 64.6 Å². The van der Waals surface area contributed by atoms with E-state index in [2.05, 4.69) is 25.3 Å². The zero-order chi connectivity index (χ0) is 43.1. The van der Waals surface area contributed by atoms with Crippen molar-refractivity contribution in [2.45, 2.75) is 96.4 Å². The van der Waals surface area contributed by atoms with E-state index in [1.54, 1.807) is 0 Å². The lowest BCUT2D eigenvalue weighted by molar-refractivity contribution is -0.138. The summed E-state index contributed by atoms with van der Waals surface area (Å²) in [6.45, 7) is -0.314. The lowest BCUT2D eigenvalue weighted by Crippen LogP contribution is -2.26. The molecule has 0 aliphatic carbocycles. The topological polar surface area (TPSA) is 353 Å². The molecule has 314 valence electrons. The maximum absolute atomic E-state index is 14.1. The van der Waals surface area contributed by atoms with Crippen molar-refractivity contribution in [3.05, 3.63) is 90.6 Å². The minimum atomic E-state index is -1.27. The van der Waals surface area contributed by atoms with E-state index in [0.29, 0.717) is 39.3 Å². The van der Waals surface area contributed by atoms with Crippen LogP contribution in [0.2, 0.25) is 0 Å². The number of aromatic amines is 4. The highest BCUT2D eigenvalue weighted by molar-refractivity contribution is 5.97. The zero-order valence-electron chi connectivity index (χ0n) is 31.6. The van der Waals surface area contributed by atoms with Gasteiger partial charge in [-0.25, -0.2) is 0 Å². The highest BCUT2D eigenvalue weighted by Crippen LogP contribution is 2.33. The second kappa shape index (κ2) is 18.4. The lowest BCUT2D eigenvalue weighted by atomic mass is 9.94. The van der Waals surface area contributed by atoms with E-state index in [-0.39, 0.29) is 103 Å². The molecule has 0 fully saturated rings. The van der Waals surface area contributed by atoms with Crippen LogP contribution in [0.3, 0.4) is 0 Å². The van der Waals surface area contributed by atoms with Crippen LogP contribution >= 0.6 is 0 Å². The van der Waals surface area contributed by atoms with Gasteiger partial charge in [0.25, 0.3) is 5.91 Å². The smallest absolute Gasteiger partial charge is 0.307 e. The van der Waals surface area contributed by atoms with Crippen molar-refractivity contribution >= 4 is 47.7 Å². The molecule has 5 heterocycles. The van der Waals surface area contributed by atoms with Crippen LogP contribution in [0.5, 0.6) is 0 Å².